The molecule has 3 aromatic rings. The van der Waals surface area contributed by atoms with Gasteiger partial charge in [0.25, 0.3) is 0 Å². The number of ketones is 1. The Morgan fingerprint density at radius 3 is 1.93 bits per heavy atom. The molecule has 4 nitrogen and oxygen atoms in total. The Morgan fingerprint density at radius 2 is 1.56 bits per heavy atom. The summed E-state index contributed by atoms with van der Waals surface area (Å²) in [7, 11) is 2.10. The van der Waals surface area contributed by atoms with Crippen molar-refractivity contribution in [1.82, 2.24) is 0 Å². The van der Waals surface area contributed by atoms with Crippen molar-refractivity contribution in [3.05, 3.63) is 60.7 Å². The van der Waals surface area contributed by atoms with Crippen LogP contribution in [-0.2, 0) is 18.3 Å². The quantitative estimate of drug-likeness (QED) is 0.174. The van der Waals surface area contributed by atoms with Crippen molar-refractivity contribution >= 4 is 27.6 Å². The number of aryl methyl sites for hydroxylation is 2. The molecule has 0 unspecified atom stereocenters. The molecule has 0 aliphatic heterocycles. The first-order chi connectivity index (χ1) is 12.7. The van der Waals surface area contributed by atoms with E-state index in [1.807, 2.05) is 0 Å². The smallest absolute Gasteiger partial charge is 0.336 e. The molecular formula is C20H20F3NO3. The molecule has 0 aliphatic carbocycles. The van der Waals surface area contributed by atoms with E-state index in [2.05, 4.69) is 60.1 Å². The van der Waals surface area contributed by atoms with Crippen LogP contribution in [0.1, 0.15) is 18.9 Å². The summed E-state index contributed by atoms with van der Waals surface area (Å²) in [4.78, 5) is 12.9. The van der Waals surface area contributed by atoms with Crippen LogP contribution in [0.2, 0.25) is 0 Å². The van der Waals surface area contributed by atoms with Gasteiger partial charge in [0.05, 0.1) is 17.4 Å². The van der Waals surface area contributed by atoms with Crippen molar-refractivity contribution in [2.75, 3.05) is 0 Å². The van der Waals surface area contributed by atoms with Crippen LogP contribution in [0.5, 0.6) is 0 Å². The lowest BCUT2D eigenvalue weighted by Crippen LogP contribution is -2.30. The second-order valence-electron chi connectivity index (χ2n) is 6.05. The molecule has 0 amide bonds. The normalized spacial score (nSPS) is 11.3. The predicted octanol–water partition coefficient (Wildman–Crippen LogP) is 3.42. The topological polar surface area (TPSA) is 56.8 Å². The number of hydrogen-bond acceptors (Lipinski definition) is 2. The van der Waals surface area contributed by atoms with E-state index in [1.165, 1.54) is 32.3 Å². The number of carbonyl (C=O) groups excluding carboxylic acids is 1. The second kappa shape index (κ2) is 8.92. The molecule has 0 spiro atoms. The van der Waals surface area contributed by atoms with E-state index < -0.39 is 12.8 Å². The Bertz CT molecular complexity index is 882. The number of fused-ring (bicyclic) bond motifs is 2. The Hall–Kier alpha value is -2.51. The van der Waals surface area contributed by atoms with Gasteiger partial charge in [-0.2, -0.15) is 17.7 Å². The highest BCUT2D eigenvalue weighted by molar-refractivity contribution is 5.94. The molecule has 27 heavy (non-hydrogen) atoms. The Morgan fingerprint density at radius 1 is 1.07 bits per heavy atom. The van der Waals surface area contributed by atoms with Gasteiger partial charge in [-0.25, -0.2) is 0 Å². The van der Waals surface area contributed by atoms with Crippen LogP contribution in [0.3, 0.4) is 0 Å². The van der Waals surface area contributed by atoms with E-state index in [0.717, 1.165) is 6.42 Å². The van der Waals surface area contributed by atoms with Gasteiger partial charge in [0.15, 0.2) is 0 Å². The molecule has 1 heterocycles. The van der Waals surface area contributed by atoms with Gasteiger partial charge in [-0.05, 0) is 31.0 Å². The maximum atomic E-state index is 11.4. The number of para-hydroxylation sites is 2. The number of alkyl halides is 3. The number of benzene rings is 2. The number of pyridine rings is 1. The maximum absolute atomic E-state index is 11.4. The van der Waals surface area contributed by atoms with E-state index in [-0.39, 0.29) is 5.78 Å². The molecule has 0 fully saturated rings. The summed E-state index contributed by atoms with van der Waals surface area (Å²) in [6.45, 7) is 1.04. The zero-order chi connectivity index (χ0) is 20.0. The SMILES string of the molecule is CC(=O)CCc1c2ccccc2[n+](C)c2ccccc12.[O-][OH+][CH-]C(F)(F)F. The van der Waals surface area contributed by atoms with Crippen molar-refractivity contribution in [3.63, 3.8) is 0 Å². The molecule has 1 aromatic heterocycles. The van der Waals surface area contributed by atoms with Crippen molar-refractivity contribution < 1.29 is 32.7 Å². The van der Waals surface area contributed by atoms with Gasteiger partial charge in [-0.1, -0.05) is 24.3 Å². The van der Waals surface area contributed by atoms with Gasteiger partial charge in [-0.15, -0.1) is 0 Å². The Kier molecular flexibility index (Phi) is 6.87. The predicted molar refractivity (Wildman–Crippen MR) is 94.6 cm³/mol. The summed E-state index contributed by atoms with van der Waals surface area (Å²) in [5.41, 5.74) is 3.71. The summed E-state index contributed by atoms with van der Waals surface area (Å²) in [5, 5.41) is 11.3. The first-order valence-electron chi connectivity index (χ1n) is 8.26. The second-order valence-corrected chi connectivity index (χ2v) is 6.05. The van der Waals surface area contributed by atoms with Gasteiger partial charge < -0.3 is 14.9 Å². The monoisotopic (exact) mass is 379 g/mol. The molecule has 0 bridgehead atoms. The fourth-order valence-electron chi connectivity index (χ4n) is 2.95. The molecule has 7 heteroatoms. The number of nitrogens with zero attached hydrogens (tertiary/aromatic N) is 1. The van der Waals surface area contributed by atoms with Crippen LogP contribution in [0.25, 0.3) is 21.8 Å². The van der Waals surface area contributed by atoms with Gasteiger partial charge >= 0.3 is 6.18 Å². The third-order valence-corrected chi connectivity index (χ3v) is 4.11. The number of aromatic nitrogens is 1. The first kappa shape index (κ1) is 20.8. The highest BCUT2D eigenvalue weighted by Crippen LogP contribution is 2.25. The molecule has 0 atom stereocenters. The minimum atomic E-state index is -4.55. The lowest BCUT2D eigenvalue weighted by Gasteiger charge is -2.13. The van der Waals surface area contributed by atoms with E-state index >= 15 is 0 Å². The summed E-state index contributed by atoms with van der Waals surface area (Å²) < 4.78 is 34.3. The molecule has 144 valence electrons. The fourth-order valence-corrected chi connectivity index (χ4v) is 2.95. The highest BCUT2D eigenvalue weighted by Gasteiger charge is 2.19. The Labute approximate surface area is 154 Å². The van der Waals surface area contributed by atoms with Crippen molar-refractivity contribution in [1.29, 1.82) is 0 Å². The summed E-state index contributed by atoms with van der Waals surface area (Å²) >= 11 is 0. The first-order valence-corrected chi connectivity index (χ1v) is 8.26. The fraction of sp³-hybridized carbons (Fsp3) is 0.250. The van der Waals surface area contributed by atoms with E-state index in [1.54, 1.807) is 6.92 Å². The highest BCUT2D eigenvalue weighted by atomic mass is 19.4. The molecule has 0 saturated carbocycles. The van der Waals surface area contributed by atoms with Gasteiger partial charge in [0, 0.05) is 18.6 Å². The van der Waals surface area contributed by atoms with Crippen molar-refractivity contribution in [2.45, 2.75) is 25.9 Å². The molecule has 1 N–H and O–H groups in total. The number of carbonyl (C=O) groups is 1. The van der Waals surface area contributed by atoms with Crippen LogP contribution in [0, 0.1) is 6.61 Å². The third-order valence-electron chi connectivity index (χ3n) is 4.11. The van der Waals surface area contributed by atoms with Crippen molar-refractivity contribution in [2.24, 2.45) is 7.05 Å². The van der Waals surface area contributed by atoms with Crippen molar-refractivity contribution in [3.8, 4) is 0 Å². The zero-order valence-corrected chi connectivity index (χ0v) is 15.0. The largest absolute Gasteiger partial charge is 0.582 e. The van der Waals surface area contributed by atoms with E-state index in [9.17, 15) is 18.0 Å². The number of aliphatic hydroxyl groups is 1. The van der Waals surface area contributed by atoms with Gasteiger partial charge in [0.1, 0.15) is 12.8 Å². The summed E-state index contributed by atoms with van der Waals surface area (Å²) in [6.07, 6.45) is -3.15. The summed E-state index contributed by atoms with van der Waals surface area (Å²) in [6, 6.07) is 16.8. The average Bonchev–Trinajstić information content (AvgIpc) is 2.61. The lowest BCUT2D eigenvalue weighted by atomic mass is 9.97. The standard InChI is InChI=1S/C18H18NO.C2H2F3O2/c1-13(20)11-12-14-15-7-3-5-9-17(15)19(2)18-10-6-4-8-16(14)18;3-2(4,5)1-7-6/h3-10H,11-12H2,1-2H3;1,7H/q+1;-1. The molecule has 0 radical (unpaired) electrons. The van der Waals surface area contributed by atoms with E-state index in [0.29, 0.717) is 6.42 Å². The van der Waals surface area contributed by atoms with Crippen LogP contribution in [0.4, 0.5) is 13.2 Å². The average molecular weight is 379 g/mol. The van der Waals surface area contributed by atoms with Crippen LogP contribution >= 0.6 is 0 Å². The van der Waals surface area contributed by atoms with Crippen LogP contribution in [0.15, 0.2) is 48.5 Å². The minimum Gasteiger partial charge on any atom is -0.582 e. The number of Topliss-reactive ketones (excluding diaryl/α,β-unsaturated/α-hetero) is 1. The number of hydrogen-bond donors (Lipinski definition) is 0. The van der Waals surface area contributed by atoms with E-state index in [4.69, 9.17) is 5.26 Å². The van der Waals surface area contributed by atoms with Gasteiger partial charge in [-0.3, -0.25) is 0 Å². The minimum absolute atomic E-state index is 0.242. The molecular weight excluding hydrogens is 359 g/mol. The lowest BCUT2D eigenvalue weighted by molar-refractivity contribution is -0.767. The van der Waals surface area contributed by atoms with Crippen LogP contribution < -0.4 is 9.82 Å². The summed E-state index contributed by atoms with van der Waals surface area (Å²) in [5.74, 6) is 0.242. The molecule has 3 rings (SSSR count). The number of rotatable bonds is 4. The zero-order valence-electron chi connectivity index (χ0n) is 15.0. The van der Waals surface area contributed by atoms with Gasteiger partial charge in [0.2, 0.25) is 11.0 Å². The molecule has 2 aromatic carbocycles. The molecule has 0 saturated heterocycles. The number of halogens is 3. The van der Waals surface area contributed by atoms with Crippen LogP contribution in [-0.4, -0.2) is 16.8 Å². The maximum Gasteiger partial charge on any atom is 0.336 e. The third kappa shape index (κ3) is 5.48. The molecule has 0 aliphatic rings. The Balaban J connectivity index is 0.000000321.